The quantitative estimate of drug-likeness (QED) is 0.428. The predicted octanol–water partition coefficient (Wildman–Crippen LogP) is 2.08. The maximum Gasteiger partial charge on any atom is 0.330 e. The summed E-state index contributed by atoms with van der Waals surface area (Å²) in [6.45, 7) is 2.09. The van der Waals surface area contributed by atoms with E-state index in [2.05, 4.69) is 0 Å². The van der Waals surface area contributed by atoms with Crippen molar-refractivity contribution in [1.82, 2.24) is 0 Å². The molecular weight excluding hydrogens is 192 g/mol. The second-order valence-electron chi connectivity index (χ2n) is 2.83. The SMILES string of the molecule is CCOC(=O)/C=C/c1ccccc1C=O. The van der Waals surface area contributed by atoms with E-state index in [1.54, 1.807) is 37.3 Å². The molecule has 0 aliphatic carbocycles. The zero-order valence-electron chi connectivity index (χ0n) is 8.47. The molecule has 0 unspecified atom stereocenters. The monoisotopic (exact) mass is 204 g/mol. The average Bonchev–Trinajstić information content (AvgIpc) is 2.27. The normalized spacial score (nSPS) is 10.2. The van der Waals surface area contributed by atoms with E-state index in [4.69, 9.17) is 4.74 Å². The van der Waals surface area contributed by atoms with Crippen molar-refractivity contribution >= 4 is 18.3 Å². The first-order valence-electron chi connectivity index (χ1n) is 4.67. The lowest BCUT2D eigenvalue weighted by Crippen LogP contribution is -1.98. The van der Waals surface area contributed by atoms with E-state index >= 15 is 0 Å². The Labute approximate surface area is 88.4 Å². The third-order valence-corrected chi connectivity index (χ3v) is 1.81. The van der Waals surface area contributed by atoms with Crippen LogP contribution in [-0.2, 0) is 9.53 Å². The summed E-state index contributed by atoms with van der Waals surface area (Å²) in [6, 6.07) is 7.03. The van der Waals surface area contributed by atoms with Crippen LogP contribution in [0.15, 0.2) is 30.3 Å². The summed E-state index contributed by atoms with van der Waals surface area (Å²) in [6.07, 6.45) is 3.64. The maximum atomic E-state index is 11.0. The largest absolute Gasteiger partial charge is 0.463 e. The summed E-state index contributed by atoms with van der Waals surface area (Å²) in [4.78, 5) is 21.7. The van der Waals surface area contributed by atoms with Crippen molar-refractivity contribution in [2.24, 2.45) is 0 Å². The molecule has 0 spiro atoms. The molecule has 0 radical (unpaired) electrons. The Morgan fingerprint density at radius 2 is 2.00 bits per heavy atom. The Morgan fingerprint density at radius 1 is 1.33 bits per heavy atom. The molecule has 0 saturated carbocycles. The van der Waals surface area contributed by atoms with Crippen LogP contribution in [0.5, 0.6) is 0 Å². The Morgan fingerprint density at radius 3 is 2.60 bits per heavy atom. The van der Waals surface area contributed by atoms with Crippen molar-refractivity contribution in [3.63, 3.8) is 0 Å². The molecule has 0 N–H and O–H groups in total. The standard InChI is InChI=1S/C12H12O3/c1-2-15-12(14)8-7-10-5-3-4-6-11(10)9-13/h3-9H,2H2,1H3/b8-7+. The molecule has 0 fully saturated rings. The molecular formula is C12H12O3. The van der Waals surface area contributed by atoms with Gasteiger partial charge in [0, 0.05) is 11.6 Å². The fourth-order valence-corrected chi connectivity index (χ4v) is 1.12. The molecule has 0 aliphatic rings. The Balaban J connectivity index is 2.79. The number of hydrogen-bond donors (Lipinski definition) is 0. The first-order valence-corrected chi connectivity index (χ1v) is 4.67. The molecule has 3 nitrogen and oxygen atoms in total. The molecule has 0 bridgehead atoms. The van der Waals surface area contributed by atoms with Gasteiger partial charge in [0.2, 0.25) is 0 Å². The molecule has 3 heteroatoms. The third-order valence-electron chi connectivity index (χ3n) is 1.81. The molecule has 1 aromatic rings. The zero-order chi connectivity index (χ0) is 11.1. The smallest absolute Gasteiger partial charge is 0.330 e. The highest BCUT2D eigenvalue weighted by Gasteiger charge is 1.98. The number of hydrogen-bond acceptors (Lipinski definition) is 3. The van der Waals surface area contributed by atoms with Gasteiger partial charge >= 0.3 is 5.97 Å². The van der Waals surface area contributed by atoms with Crippen molar-refractivity contribution < 1.29 is 14.3 Å². The molecule has 0 aliphatic heterocycles. The minimum Gasteiger partial charge on any atom is -0.463 e. The summed E-state index contributed by atoms with van der Waals surface area (Å²) in [5, 5.41) is 0. The van der Waals surface area contributed by atoms with Crippen molar-refractivity contribution in [2.45, 2.75) is 6.92 Å². The van der Waals surface area contributed by atoms with Gasteiger partial charge in [-0.1, -0.05) is 24.3 Å². The average molecular weight is 204 g/mol. The van der Waals surface area contributed by atoms with E-state index < -0.39 is 5.97 Å². The lowest BCUT2D eigenvalue weighted by Gasteiger charge is -1.97. The molecule has 0 saturated heterocycles. The van der Waals surface area contributed by atoms with Gasteiger partial charge in [-0.15, -0.1) is 0 Å². The van der Waals surface area contributed by atoms with Gasteiger partial charge in [0.1, 0.15) is 0 Å². The highest BCUT2D eigenvalue weighted by Crippen LogP contribution is 2.08. The van der Waals surface area contributed by atoms with Crippen molar-refractivity contribution in [2.75, 3.05) is 6.61 Å². The molecule has 0 amide bonds. The van der Waals surface area contributed by atoms with Crippen LogP contribution in [0.1, 0.15) is 22.8 Å². The van der Waals surface area contributed by atoms with Crippen LogP contribution in [0.4, 0.5) is 0 Å². The van der Waals surface area contributed by atoms with Crippen LogP contribution in [0.3, 0.4) is 0 Å². The van der Waals surface area contributed by atoms with Gasteiger partial charge < -0.3 is 4.74 Å². The van der Waals surface area contributed by atoms with Crippen LogP contribution in [-0.4, -0.2) is 18.9 Å². The number of carbonyl (C=O) groups is 2. The van der Waals surface area contributed by atoms with E-state index in [9.17, 15) is 9.59 Å². The number of aldehydes is 1. The third kappa shape index (κ3) is 3.38. The minimum absolute atomic E-state index is 0.346. The summed E-state index contributed by atoms with van der Waals surface area (Å²) in [5.41, 5.74) is 1.26. The molecule has 1 aromatic carbocycles. The Kier molecular flexibility index (Phi) is 4.29. The summed E-state index contributed by atoms with van der Waals surface area (Å²) in [5.74, 6) is -0.404. The van der Waals surface area contributed by atoms with E-state index in [0.717, 1.165) is 6.29 Å². The van der Waals surface area contributed by atoms with Gasteiger partial charge in [0.05, 0.1) is 6.61 Å². The van der Waals surface area contributed by atoms with Gasteiger partial charge in [-0.25, -0.2) is 4.79 Å². The first kappa shape index (κ1) is 11.2. The fraction of sp³-hybridized carbons (Fsp3) is 0.167. The van der Waals surface area contributed by atoms with Crippen molar-refractivity contribution in [3.8, 4) is 0 Å². The van der Waals surface area contributed by atoms with Crippen LogP contribution < -0.4 is 0 Å². The number of ether oxygens (including phenoxy) is 1. The number of rotatable bonds is 4. The molecule has 0 heterocycles. The highest BCUT2D eigenvalue weighted by atomic mass is 16.5. The van der Waals surface area contributed by atoms with Gasteiger partial charge in [0.15, 0.2) is 6.29 Å². The summed E-state index contributed by atoms with van der Waals surface area (Å²) in [7, 11) is 0. The number of benzene rings is 1. The number of carbonyl (C=O) groups excluding carboxylic acids is 2. The second kappa shape index (κ2) is 5.75. The van der Waals surface area contributed by atoms with E-state index in [1.165, 1.54) is 6.08 Å². The van der Waals surface area contributed by atoms with Gasteiger partial charge in [0.25, 0.3) is 0 Å². The van der Waals surface area contributed by atoms with Crippen LogP contribution in [0.2, 0.25) is 0 Å². The minimum atomic E-state index is -0.404. The lowest BCUT2D eigenvalue weighted by molar-refractivity contribution is -0.137. The topological polar surface area (TPSA) is 43.4 Å². The van der Waals surface area contributed by atoms with Crippen LogP contribution in [0, 0.1) is 0 Å². The van der Waals surface area contributed by atoms with E-state index in [-0.39, 0.29) is 0 Å². The van der Waals surface area contributed by atoms with Gasteiger partial charge in [-0.05, 0) is 18.6 Å². The first-order chi connectivity index (χ1) is 7.27. The molecule has 0 atom stereocenters. The predicted molar refractivity (Wildman–Crippen MR) is 57.5 cm³/mol. The molecule has 1 rings (SSSR count). The van der Waals surface area contributed by atoms with Gasteiger partial charge in [-0.2, -0.15) is 0 Å². The number of esters is 1. The highest BCUT2D eigenvalue weighted by molar-refractivity contribution is 5.90. The van der Waals surface area contributed by atoms with E-state index in [1.807, 2.05) is 0 Å². The molecule has 0 aromatic heterocycles. The van der Waals surface area contributed by atoms with Crippen molar-refractivity contribution in [1.29, 1.82) is 0 Å². The van der Waals surface area contributed by atoms with Crippen LogP contribution >= 0.6 is 0 Å². The molecule has 78 valence electrons. The van der Waals surface area contributed by atoms with Crippen LogP contribution in [0.25, 0.3) is 6.08 Å². The summed E-state index contributed by atoms with van der Waals surface area (Å²) >= 11 is 0. The maximum absolute atomic E-state index is 11.0. The van der Waals surface area contributed by atoms with Gasteiger partial charge in [-0.3, -0.25) is 4.79 Å². The second-order valence-corrected chi connectivity index (χ2v) is 2.83. The Hall–Kier alpha value is -1.90. The Bertz CT molecular complexity index is 380. The van der Waals surface area contributed by atoms with Crippen molar-refractivity contribution in [3.05, 3.63) is 41.5 Å². The lowest BCUT2D eigenvalue weighted by atomic mass is 10.1. The zero-order valence-corrected chi connectivity index (χ0v) is 8.47. The summed E-state index contributed by atoms with van der Waals surface area (Å²) < 4.78 is 4.72. The molecule has 15 heavy (non-hydrogen) atoms. The fourth-order valence-electron chi connectivity index (χ4n) is 1.12. The van der Waals surface area contributed by atoms with E-state index in [0.29, 0.717) is 17.7 Å².